The first-order valence-corrected chi connectivity index (χ1v) is 10.9. The van der Waals surface area contributed by atoms with Gasteiger partial charge in [0.25, 0.3) is 0 Å². The van der Waals surface area contributed by atoms with Gasteiger partial charge in [0.15, 0.2) is 0 Å². The van der Waals surface area contributed by atoms with Crippen LogP contribution in [0.3, 0.4) is 0 Å². The van der Waals surface area contributed by atoms with Crippen LogP contribution in [0.2, 0.25) is 0 Å². The van der Waals surface area contributed by atoms with Gasteiger partial charge in [0.05, 0.1) is 30.2 Å². The average molecular weight is 424 g/mol. The zero-order valence-corrected chi connectivity index (χ0v) is 17.2. The number of piperidine rings is 1. The molecule has 2 saturated heterocycles. The summed E-state index contributed by atoms with van der Waals surface area (Å²) in [4.78, 5) is 37.0. The number of carbonyl (C=O) groups excluding carboxylic acids is 3. The molecule has 1 aromatic carbocycles. The Morgan fingerprint density at radius 1 is 1.14 bits per heavy atom. The van der Waals surface area contributed by atoms with E-state index < -0.39 is 21.8 Å². The maximum Gasteiger partial charge on any atom is 0.309 e. The van der Waals surface area contributed by atoms with Gasteiger partial charge in [0.2, 0.25) is 21.8 Å². The van der Waals surface area contributed by atoms with E-state index in [0.717, 1.165) is 4.90 Å². The van der Waals surface area contributed by atoms with Crippen LogP contribution in [-0.2, 0) is 29.1 Å². The zero-order chi connectivity index (χ0) is 21.2. The van der Waals surface area contributed by atoms with Crippen molar-refractivity contribution in [3.05, 3.63) is 18.2 Å². The van der Waals surface area contributed by atoms with E-state index in [-0.39, 0.29) is 54.2 Å². The highest BCUT2D eigenvalue weighted by Crippen LogP contribution is 2.35. The fourth-order valence-corrected chi connectivity index (χ4v) is 5.08. The first-order valence-electron chi connectivity index (χ1n) is 9.50. The number of amides is 2. The van der Waals surface area contributed by atoms with Crippen LogP contribution in [0.5, 0.6) is 5.75 Å². The van der Waals surface area contributed by atoms with Crippen LogP contribution in [0.4, 0.5) is 5.69 Å². The lowest BCUT2D eigenvalue weighted by Crippen LogP contribution is -2.40. The zero-order valence-electron chi connectivity index (χ0n) is 16.4. The van der Waals surface area contributed by atoms with E-state index in [4.69, 9.17) is 9.47 Å². The van der Waals surface area contributed by atoms with Gasteiger partial charge in [-0.15, -0.1) is 0 Å². The van der Waals surface area contributed by atoms with Crippen molar-refractivity contribution >= 4 is 33.5 Å². The summed E-state index contributed by atoms with van der Waals surface area (Å²) < 4.78 is 37.7. The summed E-state index contributed by atoms with van der Waals surface area (Å²) in [6, 6.07) is 4.12. The van der Waals surface area contributed by atoms with E-state index in [1.165, 1.54) is 29.6 Å². The Labute approximate surface area is 169 Å². The Morgan fingerprint density at radius 2 is 1.76 bits per heavy atom. The van der Waals surface area contributed by atoms with Crippen LogP contribution in [0, 0.1) is 5.92 Å². The van der Waals surface area contributed by atoms with Crippen molar-refractivity contribution in [1.29, 1.82) is 0 Å². The highest BCUT2D eigenvalue weighted by atomic mass is 32.2. The van der Waals surface area contributed by atoms with Crippen molar-refractivity contribution < 1.29 is 32.3 Å². The SMILES string of the molecule is CCOC(=O)C1CCN(S(=O)(=O)c2ccc(OC)c(N3C(=O)CCC3=O)c2)CC1. The van der Waals surface area contributed by atoms with Crippen LogP contribution in [0.25, 0.3) is 0 Å². The number of esters is 1. The van der Waals surface area contributed by atoms with Gasteiger partial charge in [0, 0.05) is 25.9 Å². The molecule has 0 saturated carbocycles. The van der Waals surface area contributed by atoms with Gasteiger partial charge in [-0.3, -0.25) is 14.4 Å². The first-order chi connectivity index (χ1) is 13.8. The largest absolute Gasteiger partial charge is 0.495 e. The van der Waals surface area contributed by atoms with Gasteiger partial charge in [-0.05, 0) is 38.0 Å². The van der Waals surface area contributed by atoms with Crippen molar-refractivity contribution in [3.8, 4) is 5.75 Å². The van der Waals surface area contributed by atoms with Crippen molar-refractivity contribution in [2.45, 2.75) is 37.5 Å². The average Bonchev–Trinajstić information content (AvgIpc) is 3.05. The predicted octanol–water partition coefficient (Wildman–Crippen LogP) is 1.31. The van der Waals surface area contributed by atoms with Gasteiger partial charge >= 0.3 is 5.97 Å². The summed E-state index contributed by atoms with van der Waals surface area (Å²) in [7, 11) is -2.47. The summed E-state index contributed by atoms with van der Waals surface area (Å²) in [6.45, 7) is 2.40. The Hall–Kier alpha value is -2.46. The molecule has 2 heterocycles. The Kier molecular flexibility index (Phi) is 6.23. The van der Waals surface area contributed by atoms with Crippen LogP contribution in [0.15, 0.2) is 23.1 Å². The molecule has 0 N–H and O–H groups in total. The lowest BCUT2D eigenvalue weighted by molar-refractivity contribution is -0.149. The van der Waals surface area contributed by atoms with E-state index in [1.54, 1.807) is 6.92 Å². The quantitative estimate of drug-likeness (QED) is 0.500. The first kappa shape index (κ1) is 21.3. The smallest absolute Gasteiger partial charge is 0.309 e. The third kappa shape index (κ3) is 4.13. The standard InChI is InChI=1S/C19H24N2O7S/c1-3-28-19(24)13-8-10-20(11-9-13)29(25,26)14-4-5-16(27-2)15(12-14)21-17(22)6-7-18(21)23/h4-5,12-13H,3,6-11H2,1-2H3. The van der Waals surface area contributed by atoms with Gasteiger partial charge in [0.1, 0.15) is 5.75 Å². The summed E-state index contributed by atoms with van der Waals surface area (Å²) in [5.41, 5.74) is 0.127. The topological polar surface area (TPSA) is 110 Å². The Morgan fingerprint density at radius 3 is 2.31 bits per heavy atom. The third-order valence-corrected chi connectivity index (χ3v) is 7.05. The van der Waals surface area contributed by atoms with Crippen molar-refractivity contribution in [3.63, 3.8) is 0 Å². The van der Waals surface area contributed by atoms with E-state index in [9.17, 15) is 22.8 Å². The molecule has 2 amide bonds. The number of methoxy groups -OCH3 is 1. The number of hydrogen-bond acceptors (Lipinski definition) is 7. The molecule has 9 nitrogen and oxygen atoms in total. The second-order valence-electron chi connectivity index (χ2n) is 6.89. The van der Waals surface area contributed by atoms with Crippen LogP contribution in [0.1, 0.15) is 32.6 Å². The molecule has 2 aliphatic heterocycles. The number of nitrogens with zero attached hydrogens (tertiary/aromatic N) is 2. The molecule has 158 valence electrons. The van der Waals surface area contributed by atoms with Gasteiger partial charge in [-0.1, -0.05) is 0 Å². The maximum absolute atomic E-state index is 13.1. The molecule has 1 aromatic rings. The molecular weight excluding hydrogens is 400 g/mol. The van der Waals surface area contributed by atoms with Gasteiger partial charge in [-0.25, -0.2) is 13.3 Å². The molecule has 2 fully saturated rings. The molecule has 2 aliphatic rings. The summed E-state index contributed by atoms with van der Waals surface area (Å²) in [6.07, 6.45) is 0.926. The van der Waals surface area contributed by atoms with Crippen molar-refractivity contribution in [2.24, 2.45) is 5.92 Å². The molecular formula is C19H24N2O7S. The van der Waals surface area contributed by atoms with Crippen LogP contribution in [-0.4, -0.2) is 57.3 Å². The second-order valence-corrected chi connectivity index (χ2v) is 8.82. The molecule has 29 heavy (non-hydrogen) atoms. The lowest BCUT2D eigenvalue weighted by atomic mass is 9.98. The molecule has 0 bridgehead atoms. The highest BCUT2D eigenvalue weighted by molar-refractivity contribution is 7.89. The molecule has 0 spiro atoms. The van der Waals surface area contributed by atoms with Crippen molar-refractivity contribution in [2.75, 3.05) is 31.7 Å². The molecule has 0 aliphatic carbocycles. The number of sulfonamides is 1. The molecule has 0 unspecified atom stereocenters. The van der Waals surface area contributed by atoms with E-state index in [1.807, 2.05) is 0 Å². The maximum atomic E-state index is 13.1. The Bertz CT molecular complexity index is 904. The summed E-state index contributed by atoms with van der Waals surface area (Å²) in [5, 5.41) is 0. The van der Waals surface area contributed by atoms with Gasteiger partial charge in [-0.2, -0.15) is 4.31 Å². The fourth-order valence-electron chi connectivity index (χ4n) is 3.59. The number of benzene rings is 1. The molecule has 0 aromatic heterocycles. The molecule has 10 heteroatoms. The van der Waals surface area contributed by atoms with E-state index in [0.29, 0.717) is 19.4 Å². The lowest BCUT2D eigenvalue weighted by Gasteiger charge is -2.30. The minimum absolute atomic E-state index is 0.0321. The highest BCUT2D eigenvalue weighted by Gasteiger charge is 2.36. The Balaban J connectivity index is 1.85. The van der Waals surface area contributed by atoms with E-state index in [2.05, 4.69) is 0 Å². The monoisotopic (exact) mass is 424 g/mol. The molecule has 3 rings (SSSR count). The van der Waals surface area contributed by atoms with Crippen LogP contribution < -0.4 is 9.64 Å². The molecule has 0 radical (unpaired) electrons. The number of rotatable bonds is 6. The van der Waals surface area contributed by atoms with Crippen molar-refractivity contribution in [1.82, 2.24) is 4.31 Å². The normalized spacial score (nSPS) is 18.9. The summed E-state index contributed by atoms with van der Waals surface area (Å²) >= 11 is 0. The number of ether oxygens (including phenoxy) is 2. The van der Waals surface area contributed by atoms with E-state index >= 15 is 0 Å². The third-order valence-electron chi connectivity index (χ3n) is 5.15. The minimum atomic E-state index is -3.86. The summed E-state index contributed by atoms with van der Waals surface area (Å²) in [5.74, 6) is -1.15. The minimum Gasteiger partial charge on any atom is -0.495 e. The molecule has 0 atom stereocenters. The number of carbonyl (C=O) groups is 3. The number of imide groups is 1. The predicted molar refractivity (Wildman–Crippen MR) is 103 cm³/mol. The van der Waals surface area contributed by atoms with Crippen LogP contribution >= 0.6 is 0 Å². The fraction of sp³-hybridized carbons (Fsp3) is 0.526. The second kappa shape index (κ2) is 8.50. The van der Waals surface area contributed by atoms with Gasteiger partial charge < -0.3 is 9.47 Å². The number of anilines is 1. The number of hydrogen-bond donors (Lipinski definition) is 0.